The molecule has 0 amide bonds. The van der Waals surface area contributed by atoms with Gasteiger partial charge in [-0.15, -0.1) is 0 Å². The van der Waals surface area contributed by atoms with E-state index >= 15 is 0 Å². The third kappa shape index (κ3) is 5.79. The van der Waals surface area contributed by atoms with Gasteiger partial charge in [-0.3, -0.25) is 0 Å². The van der Waals surface area contributed by atoms with Gasteiger partial charge in [-0.1, -0.05) is 118 Å². The van der Waals surface area contributed by atoms with Crippen molar-refractivity contribution in [3.05, 3.63) is 107 Å². The summed E-state index contributed by atoms with van der Waals surface area (Å²) >= 11 is 0. The lowest BCUT2D eigenvalue weighted by Gasteiger charge is -2.50. The molecule has 1 fully saturated rings. The summed E-state index contributed by atoms with van der Waals surface area (Å²) in [6.07, 6.45) is -1.48. The fourth-order valence-corrected chi connectivity index (χ4v) is 10.5. The largest absolute Gasteiger partial charge is 0.455 e. The van der Waals surface area contributed by atoms with Crippen LogP contribution in [-0.2, 0) is 9.16 Å². The minimum Gasteiger partial charge on any atom is -0.455 e. The predicted octanol–water partition coefficient (Wildman–Crippen LogP) is 5.63. The van der Waals surface area contributed by atoms with Crippen molar-refractivity contribution in [1.29, 1.82) is 0 Å². The lowest BCUT2D eigenvalue weighted by Crippen LogP contribution is -2.70. The average molecular weight is 544 g/mol. The van der Waals surface area contributed by atoms with E-state index in [1.165, 1.54) is 0 Å². The van der Waals surface area contributed by atoms with Gasteiger partial charge in [-0.2, -0.15) is 0 Å². The number of benzene rings is 3. The summed E-state index contributed by atoms with van der Waals surface area (Å²) in [6, 6.07) is 28.2. The standard InChI is InChI=1S/C31H37N3O4Si/c1-5-22-21-26(27(33-34-32)29(28(22)35)37-30(36)23-15-9-6-10-16-23)38-39(31(2,3)4,24-17-11-7-12-18-24)25-19-13-8-14-20-25/h6-20,22,26-29,35H,5,21H2,1-4H3/t22?,26-,27?,28-,29-/m1/s1. The first-order chi connectivity index (χ1) is 18.7. The van der Waals surface area contributed by atoms with E-state index in [9.17, 15) is 15.4 Å². The number of azide groups is 1. The number of aliphatic hydroxyl groups is 1. The summed E-state index contributed by atoms with van der Waals surface area (Å²) < 4.78 is 13.3. The van der Waals surface area contributed by atoms with E-state index in [0.29, 0.717) is 18.4 Å². The third-order valence-electron chi connectivity index (χ3n) is 7.78. The van der Waals surface area contributed by atoms with Gasteiger partial charge in [0.25, 0.3) is 8.32 Å². The van der Waals surface area contributed by atoms with Gasteiger partial charge < -0.3 is 14.3 Å². The molecule has 3 aromatic rings. The van der Waals surface area contributed by atoms with Crippen LogP contribution in [0.1, 0.15) is 50.9 Å². The molecule has 1 N–H and O–H groups in total. The Balaban J connectivity index is 1.82. The van der Waals surface area contributed by atoms with E-state index < -0.39 is 38.6 Å². The Labute approximate surface area is 231 Å². The number of carbonyl (C=O) groups is 1. The Kier molecular flexibility index (Phi) is 8.93. The van der Waals surface area contributed by atoms with E-state index in [1.807, 2.05) is 49.4 Å². The molecule has 204 valence electrons. The van der Waals surface area contributed by atoms with Crippen molar-refractivity contribution in [2.45, 2.75) is 69.9 Å². The smallest absolute Gasteiger partial charge is 0.338 e. The first-order valence-electron chi connectivity index (χ1n) is 13.5. The normalized spacial score (nSPS) is 23.5. The molecular formula is C31H37N3O4Si. The van der Waals surface area contributed by atoms with E-state index in [4.69, 9.17) is 9.16 Å². The molecule has 0 radical (unpaired) electrons. The molecule has 5 atom stereocenters. The predicted molar refractivity (Wildman–Crippen MR) is 155 cm³/mol. The molecule has 7 nitrogen and oxygen atoms in total. The summed E-state index contributed by atoms with van der Waals surface area (Å²) in [7, 11) is -3.01. The van der Waals surface area contributed by atoms with Gasteiger partial charge in [0.2, 0.25) is 0 Å². The average Bonchev–Trinajstić information content (AvgIpc) is 2.95. The number of ether oxygens (including phenoxy) is 1. The van der Waals surface area contributed by atoms with Crippen LogP contribution in [0.5, 0.6) is 0 Å². The minimum absolute atomic E-state index is 0.202. The number of hydrogen-bond acceptors (Lipinski definition) is 5. The zero-order chi connectivity index (χ0) is 28.0. The lowest BCUT2D eigenvalue weighted by molar-refractivity contribution is -0.101. The highest BCUT2D eigenvalue weighted by Crippen LogP contribution is 2.42. The second-order valence-corrected chi connectivity index (χ2v) is 15.4. The summed E-state index contributed by atoms with van der Waals surface area (Å²) in [6.45, 7) is 8.55. The number of hydrogen-bond donors (Lipinski definition) is 1. The molecule has 0 bridgehead atoms. The van der Waals surface area contributed by atoms with Crippen molar-refractivity contribution in [3.8, 4) is 0 Å². The Hall–Kier alpha value is -3.42. The van der Waals surface area contributed by atoms with E-state index in [-0.39, 0.29) is 11.0 Å². The molecule has 4 rings (SSSR count). The lowest BCUT2D eigenvalue weighted by atomic mass is 9.78. The molecule has 39 heavy (non-hydrogen) atoms. The van der Waals surface area contributed by atoms with Crippen molar-refractivity contribution < 1.29 is 19.1 Å². The Morgan fingerprint density at radius 1 is 0.974 bits per heavy atom. The summed E-state index contributed by atoms with van der Waals surface area (Å²) in [4.78, 5) is 16.2. The molecule has 0 aromatic heterocycles. The van der Waals surface area contributed by atoms with Crippen LogP contribution in [0.2, 0.25) is 5.04 Å². The van der Waals surface area contributed by atoms with E-state index in [1.54, 1.807) is 24.3 Å². The fraction of sp³-hybridized carbons (Fsp3) is 0.387. The molecule has 1 aliphatic rings. The number of carbonyl (C=O) groups excluding carboxylic acids is 1. The second kappa shape index (κ2) is 12.2. The van der Waals surface area contributed by atoms with Crippen LogP contribution in [0.3, 0.4) is 0 Å². The van der Waals surface area contributed by atoms with Crippen LogP contribution < -0.4 is 10.4 Å². The van der Waals surface area contributed by atoms with Gasteiger partial charge in [0.1, 0.15) is 12.1 Å². The number of nitrogens with zero attached hydrogens (tertiary/aromatic N) is 3. The molecule has 8 heteroatoms. The highest BCUT2D eigenvalue weighted by Gasteiger charge is 2.55. The van der Waals surface area contributed by atoms with Gasteiger partial charge in [-0.25, -0.2) is 4.79 Å². The monoisotopic (exact) mass is 543 g/mol. The summed E-state index contributed by atoms with van der Waals surface area (Å²) in [5.41, 5.74) is 9.97. The van der Waals surface area contributed by atoms with E-state index in [2.05, 4.69) is 55.1 Å². The van der Waals surface area contributed by atoms with Gasteiger partial charge in [0.15, 0.2) is 0 Å². The van der Waals surface area contributed by atoms with Crippen molar-refractivity contribution in [2.75, 3.05) is 0 Å². The number of aliphatic hydroxyl groups excluding tert-OH is 1. The van der Waals surface area contributed by atoms with Crippen LogP contribution in [0.25, 0.3) is 10.4 Å². The molecule has 0 saturated heterocycles. The molecule has 2 unspecified atom stereocenters. The summed E-state index contributed by atoms with van der Waals surface area (Å²) in [5, 5.41) is 17.3. The number of esters is 1. The molecule has 0 spiro atoms. The van der Waals surface area contributed by atoms with Crippen LogP contribution in [0.4, 0.5) is 0 Å². The van der Waals surface area contributed by atoms with Crippen LogP contribution in [0, 0.1) is 5.92 Å². The van der Waals surface area contributed by atoms with Crippen LogP contribution in [0.15, 0.2) is 96.1 Å². The van der Waals surface area contributed by atoms with Crippen molar-refractivity contribution in [3.63, 3.8) is 0 Å². The van der Waals surface area contributed by atoms with Gasteiger partial charge >= 0.3 is 5.97 Å². The highest BCUT2D eigenvalue weighted by atomic mass is 28.4. The van der Waals surface area contributed by atoms with Gasteiger partial charge in [0, 0.05) is 4.91 Å². The second-order valence-electron chi connectivity index (χ2n) is 11.1. The SMILES string of the molecule is CCC1C[C@@H](O[Si](c2ccccc2)(c2ccccc2)C(C)(C)C)C(N=[N+]=[N-])[C@@H](OC(=O)c2ccccc2)[C@@H]1O. The fourth-order valence-electron chi connectivity index (χ4n) is 5.81. The zero-order valence-electron chi connectivity index (χ0n) is 23.0. The number of rotatable bonds is 8. The first kappa shape index (κ1) is 28.6. The Morgan fingerprint density at radius 2 is 1.49 bits per heavy atom. The maximum absolute atomic E-state index is 13.1. The highest BCUT2D eigenvalue weighted by molar-refractivity contribution is 6.99. The van der Waals surface area contributed by atoms with Crippen molar-refractivity contribution in [2.24, 2.45) is 11.0 Å². The maximum Gasteiger partial charge on any atom is 0.338 e. The van der Waals surface area contributed by atoms with Crippen molar-refractivity contribution in [1.82, 2.24) is 0 Å². The van der Waals surface area contributed by atoms with Crippen LogP contribution in [-0.4, -0.2) is 43.7 Å². The molecule has 0 aliphatic heterocycles. The van der Waals surface area contributed by atoms with Crippen LogP contribution >= 0.6 is 0 Å². The molecule has 1 saturated carbocycles. The van der Waals surface area contributed by atoms with Gasteiger partial charge in [-0.05, 0) is 45.4 Å². The quantitative estimate of drug-likeness (QED) is 0.131. The first-order valence-corrected chi connectivity index (χ1v) is 15.4. The third-order valence-corrected chi connectivity index (χ3v) is 12.8. The zero-order valence-corrected chi connectivity index (χ0v) is 24.0. The molecular weight excluding hydrogens is 506 g/mol. The van der Waals surface area contributed by atoms with Gasteiger partial charge in [0.05, 0.1) is 17.8 Å². The molecule has 0 heterocycles. The summed E-state index contributed by atoms with van der Waals surface area (Å²) in [5.74, 6) is -0.773. The Bertz CT molecular complexity index is 1240. The topological polar surface area (TPSA) is 105 Å². The maximum atomic E-state index is 13.1. The molecule has 1 aliphatic carbocycles. The van der Waals surface area contributed by atoms with Crippen molar-refractivity contribution >= 4 is 24.7 Å². The van der Waals surface area contributed by atoms with E-state index in [0.717, 1.165) is 10.4 Å². The Morgan fingerprint density at radius 3 is 1.95 bits per heavy atom. The molecule has 3 aromatic carbocycles. The minimum atomic E-state index is -3.01.